The van der Waals surface area contributed by atoms with Crippen molar-refractivity contribution in [2.75, 3.05) is 5.73 Å². The lowest BCUT2D eigenvalue weighted by atomic mass is 10.1. The van der Waals surface area contributed by atoms with Crippen LogP contribution in [0.3, 0.4) is 0 Å². The average molecular weight is 267 g/mol. The lowest BCUT2D eigenvalue weighted by Crippen LogP contribution is -2.04. The van der Waals surface area contributed by atoms with Crippen LogP contribution in [-0.4, -0.2) is 9.97 Å². The van der Waals surface area contributed by atoms with Crippen molar-refractivity contribution < 1.29 is 4.42 Å². The minimum absolute atomic E-state index is 0.0995. The van der Waals surface area contributed by atoms with Crippen molar-refractivity contribution in [1.82, 2.24) is 9.97 Å². The van der Waals surface area contributed by atoms with Crippen LogP contribution in [0, 0.1) is 0 Å². The van der Waals surface area contributed by atoms with E-state index in [1.807, 2.05) is 42.6 Å². The maximum atomic E-state index is 10.2. The van der Waals surface area contributed by atoms with Crippen molar-refractivity contribution in [3.8, 4) is 11.3 Å². The van der Waals surface area contributed by atoms with Crippen LogP contribution < -0.4 is 11.3 Å². The molecule has 1 aromatic carbocycles. The predicted octanol–water partition coefficient (Wildman–Crippen LogP) is 2.37. The van der Waals surface area contributed by atoms with E-state index in [0.717, 1.165) is 11.3 Å². The third-order valence-electron chi connectivity index (χ3n) is 2.35. The number of hydrogen-bond donors (Lipinski definition) is 1. The molecule has 0 aliphatic carbocycles. The zero-order chi connectivity index (χ0) is 14.2. The maximum Gasteiger partial charge on any atom is 0.295 e. The van der Waals surface area contributed by atoms with E-state index in [1.165, 1.54) is 12.3 Å². The van der Waals surface area contributed by atoms with Crippen LogP contribution in [0.15, 0.2) is 76.3 Å². The number of pyridine rings is 1. The molecule has 0 atom stereocenters. The van der Waals surface area contributed by atoms with E-state index < -0.39 is 0 Å². The Balaban J connectivity index is 0.000000160. The monoisotopic (exact) mass is 267 g/mol. The molecule has 0 unspecified atom stereocenters. The van der Waals surface area contributed by atoms with E-state index in [1.54, 1.807) is 0 Å². The third kappa shape index (κ3) is 4.06. The number of aromatic nitrogens is 2. The molecule has 0 fully saturated rings. The summed E-state index contributed by atoms with van der Waals surface area (Å²) in [5.74, 6) is 0. The summed E-state index contributed by atoms with van der Waals surface area (Å²) in [5, 5.41) is 0. The van der Waals surface area contributed by atoms with Gasteiger partial charge in [0.2, 0.25) is 0 Å². The molecule has 3 aromatic rings. The van der Waals surface area contributed by atoms with E-state index in [2.05, 4.69) is 26.5 Å². The number of anilines is 1. The SMILES string of the molecule is Nc1nc(=O)cco1.c1ccc(-c2ccccn2)cc1. The molecule has 2 aromatic heterocycles. The number of benzene rings is 1. The summed E-state index contributed by atoms with van der Waals surface area (Å²) in [6, 6.07) is 17.2. The van der Waals surface area contributed by atoms with Crippen molar-refractivity contribution in [2.45, 2.75) is 0 Å². The van der Waals surface area contributed by atoms with Crippen molar-refractivity contribution in [3.63, 3.8) is 0 Å². The lowest BCUT2D eigenvalue weighted by molar-refractivity contribution is 0.548. The molecular formula is C15H13N3O2. The van der Waals surface area contributed by atoms with Crippen molar-refractivity contribution in [2.24, 2.45) is 0 Å². The number of rotatable bonds is 1. The third-order valence-corrected chi connectivity index (χ3v) is 2.35. The lowest BCUT2D eigenvalue weighted by Gasteiger charge is -1.97. The largest absolute Gasteiger partial charge is 0.434 e. The van der Waals surface area contributed by atoms with Crippen LogP contribution in [0.4, 0.5) is 6.01 Å². The number of nitrogens with zero attached hydrogens (tertiary/aromatic N) is 2. The van der Waals surface area contributed by atoms with Gasteiger partial charge in [-0.2, -0.15) is 4.98 Å². The molecule has 5 heteroatoms. The molecule has 0 bridgehead atoms. The highest BCUT2D eigenvalue weighted by atomic mass is 16.3. The van der Waals surface area contributed by atoms with Gasteiger partial charge in [0.25, 0.3) is 11.6 Å². The highest BCUT2D eigenvalue weighted by Gasteiger charge is 1.93. The van der Waals surface area contributed by atoms with Crippen LogP contribution in [-0.2, 0) is 0 Å². The van der Waals surface area contributed by atoms with Gasteiger partial charge in [-0.1, -0.05) is 36.4 Å². The van der Waals surface area contributed by atoms with Gasteiger partial charge in [0.15, 0.2) is 0 Å². The Morgan fingerprint density at radius 2 is 1.70 bits per heavy atom. The minimum atomic E-state index is -0.381. The van der Waals surface area contributed by atoms with Gasteiger partial charge < -0.3 is 10.2 Å². The standard InChI is InChI=1S/C11H9N.C4H4N2O2/c1-2-6-10(7-3-1)11-8-4-5-9-12-11;5-4-6-3(7)1-2-8-4/h1-9H;1-2H,(H2,5,6,7). The summed E-state index contributed by atoms with van der Waals surface area (Å²) >= 11 is 0. The first-order valence-corrected chi connectivity index (χ1v) is 5.93. The first-order valence-electron chi connectivity index (χ1n) is 5.93. The molecule has 20 heavy (non-hydrogen) atoms. The number of nitrogen functional groups attached to an aromatic ring is 1. The van der Waals surface area contributed by atoms with Gasteiger partial charge in [-0.25, -0.2) is 0 Å². The fraction of sp³-hybridized carbons (Fsp3) is 0. The predicted molar refractivity (Wildman–Crippen MR) is 76.9 cm³/mol. The number of nitrogens with two attached hydrogens (primary N) is 1. The topological polar surface area (TPSA) is 82.0 Å². The Morgan fingerprint density at radius 1 is 0.950 bits per heavy atom. The van der Waals surface area contributed by atoms with Crippen LogP contribution >= 0.6 is 0 Å². The van der Waals surface area contributed by atoms with Gasteiger partial charge in [-0.3, -0.25) is 9.78 Å². The molecule has 2 N–H and O–H groups in total. The number of hydrogen-bond acceptors (Lipinski definition) is 5. The fourth-order valence-corrected chi connectivity index (χ4v) is 1.48. The van der Waals surface area contributed by atoms with Gasteiger partial charge >= 0.3 is 0 Å². The molecule has 0 saturated heterocycles. The van der Waals surface area contributed by atoms with E-state index in [-0.39, 0.29) is 11.6 Å². The van der Waals surface area contributed by atoms with Crippen LogP contribution in [0.2, 0.25) is 0 Å². The first-order chi connectivity index (χ1) is 9.75. The van der Waals surface area contributed by atoms with Gasteiger partial charge in [-0.05, 0) is 12.1 Å². The van der Waals surface area contributed by atoms with Gasteiger partial charge in [0, 0.05) is 17.8 Å². The molecule has 0 aliphatic rings. The normalized spacial score (nSPS) is 9.40. The second-order valence-corrected chi connectivity index (χ2v) is 3.79. The second-order valence-electron chi connectivity index (χ2n) is 3.79. The van der Waals surface area contributed by atoms with Crippen molar-refractivity contribution >= 4 is 6.01 Å². The highest BCUT2D eigenvalue weighted by molar-refractivity contribution is 5.58. The molecule has 5 nitrogen and oxygen atoms in total. The zero-order valence-electron chi connectivity index (χ0n) is 10.6. The van der Waals surface area contributed by atoms with Crippen LogP contribution in [0.5, 0.6) is 0 Å². The molecule has 0 saturated carbocycles. The molecular weight excluding hydrogens is 254 g/mol. The minimum Gasteiger partial charge on any atom is -0.434 e. The quantitative estimate of drug-likeness (QED) is 0.732. The molecule has 0 spiro atoms. The Labute approximate surface area is 115 Å². The Bertz CT molecular complexity index is 659. The molecule has 0 radical (unpaired) electrons. The summed E-state index contributed by atoms with van der Waals surface area (Å²) in [4.78, 5) is 17.7. The zero-order valence-corrected chi connectivity index (χ0v) is 10.6. The smallest absolute Gasteiger partial charge is 0.295 e. The fourth-order valence-electron chi connectivity index (χ4n) is 1.48. The summed E-state index contributed by atoms with van der Waals surface area (Å²) < 4.78 is 4.47. The van der Waals surface area contributed by atoms with Gasteiger partial charge in [0.05, 0.1) is 5.69 Å². The molecule has 0 aliphatic heterocycles. The van der Waals surface area contributed by atoms with E-state index in [4.69, 9.17) is 5.73 Å². The highest BCUT2D eigenvalue weighted by Crippen LogP contribution is 2.14. The molecule has 2 heterocycles. The van der Waals surface area contributed by atoms with Crippen LogP contribution in [0.1, 0.15) is 0 Å². The second kappa shape index (κ2) is 6.84. The molecule has 0 amide bonds. The Kier molecular flexibility index (Phi) is 4.61. The first kappa shape index (κ1) is 13.5. The van der Waals surface area contributed by atoms with E-state index in [9.17, 15) is 4.79 Å². The van der Waals surface area contributed by atoms with Crippen LogP contribution in [0.25, 0.3) is 11.3 Å². The Hall–Kier alpha value is -2.95. The summed E-state index contributed by atoms with van der Waals surface area (Å²) in [5.41, 5.74) is 6.79. The maximum absolute atomic E-state index is 10.2. The molecule has 3 rings (SSSR count). The van der Waals surface area contributed by atoms with Gasteiger partial charge in [0.1, 0.15) is 6.26 Å². The van der Waals surface area contributed by atoms with E-state index in [0.29, 0.717) is 0 Å². The Morgan fingerprint density at radius 3 is 2.25 bits per heavy atom. The van der Waals surface area contributed by atoms with Crippen molar-refractivity contribution in [1.29, 1.82) is 0 Å². The van der Waals surface area contributed by atoms with E-state index >= 15 is 0 Å². The van der Waals surface area contributed by atoms with Gasteiger partial charge in [-0.15, -0.1) is 0 Å². The average Bonchev–Trinajstić information content (AvgIpc) is 2.49. The summed E-state index contributed by atoms with van der Waals surface area (Å²) in [6.45, 7) is 0. The summed E-state index contributed by atoms with van der Waals surface area (Å²) in [6.07, 6.45) is 3.01. The summed E-state index contributed by atoms with van der Waals surface area (Å²) in [7, 11) is 0. The molecule has 100 valence electrons. The van der Waals surface area contributed by atoms with Crippen molar-refractivity contribution in [3.05, 3.63) is 77.4 Å².